The zero-order valence-corrected chi connectivity index (χ0v) is 53.1. The molecule has 0 rings (SSSR count). The Hall–Kier alpha value is -1.59. The van der Waals surface area contributed by atoms with Gasteiger partial charge < -0.3 is 14.2 Å². The summed E-state index contributed by atoms with van der Waals surface area (Å²) in [4.78, 5) is 38.5. The number of esters is 3. The van der Waals surface area contributed by atoms with Crippen molar-refractivity contribution < 1.29 is 28.6 Å². The summed E-state index contributed by atoms with van der Waals surface area (Å²) >= 11 is 0. The van der Waals surface area contributed by atoms with E-state index in [4.69, 9.17) is 14.2 Å². The smallest absolute Gasteiger partial charge is 0.306 e. The summed E-state index contributed by atoms with van der Waals surface area (Å²) in [6.07, 6.45) is 72.5. The fourth-order valence-corrected chi connectivity index (χ4v) is 11.1. The quantitative estimate of drug-likeness (QED) is 0.0343. The largest absolute Gasteiger partial charge is 0.462 e. The number of hydrogen-bond donors (Lipinski definition) is 0. The molecule has 77 heavy (non-hydrogen) atoms. The van der Waals surface area contributed by atoms with Gasteiger partial charge in [-0.2, -0.15) is 0 Å². The van der Waals surface area contributed by atoms with Crippen LogP contribution in [0.15, 0.2) is 0 Å². The molecule has 0 aliphatic heterocycles. The molecule has 0 amide bonds. The summed E-state index contributed by atoms with van der Waals surface area (Å²) < 4.78 is 17.0. The normalized spacial score (nSPS) is 12.4. The monoisotopic (exact) mass is 1090 g/mol. The van der Waals surface area contributed by atoms with E-state index in [1.54, 1.807) is 0 Å². The van der Waals surface area contributed by atoms with E-state index in [0.29, 0.717) is 19.3 Å². The van der Waals surface area contributed by atoms with Gasteiger partial charge in [-0.1, -0.05) is 369 Å². The van der Waals surface area contributed by atoms with E-state index < -0.39 is 6.10 Å². The summed E-state index contributed by atoms with van der Waals surface area (Å²) in [6, 6.07) is 0. The van der Waals surface area contributed by atoms with Gasteiger partial charge in [0.25, 0.3) is 0 Å². The van der Waals surface area contributed by atoms with Gasteiger partial charge >= 0.3 is 17.9 Å². The van der Waals surface area contributed by atoms with Crippen molar-refractivity contribution in [2.45, 2.75) is 413 Å². The standard InChI is InChI=1S/C71H138O6/c1-6-8-9-10-11-12-13-14-15-26-31-36-41-46-51-56-61-69(72)75-64-68(65-76-70(73)62-57-52-47-42-37-32-27-22-18-16-20-24-29-34-39-44-49-54-59-66(3)4)77-71(74)63-58-53-48-43-38-33-28-23-19-17-21-25-30-35-40-45-50-55-60-67(5)7-2/h66-68H,6-65H2,1-5H3/t67?,68-/m0/s1. The predicted octanol–water partition coefficient (Wildman–Crippen LogP) is 23.9. The molecule has 1 unspecified atom stereocenters. The first kappa shape index (κ1) is 75.4. The topological polar surface area (TPSA) is 78.9 Å². The van der Waals surface area contributed by atoms with E-state index in [1.165, 1.54) is 295 Å². The Balaban J connectivity index is 4.26. The highest BCUT2D eigenvalue weighted by atomic mass is 16.6. The minimum absolute atomic E-state index is 0.0611. The second kappa shape index (κ2) is 63.6. The van der Waals surface area contributed by atoms with Crippen molar-refractivity contribution in [3.8, 4) is 0 Å². The van der Waals surface area contributed by atoms with E-state index in [0.717, 1.165) is 69.6 Å². The first-order valence-electron chi connectivity index (χ1n) is 35.3. The Morgan fingerprint density at radius 1 is 0.273 bits per heavy atom. The van der Waals surface area contributed by atoms with Crippen LogP contribution < -0.4 is 0 Å². The third-order valence-corrected chi connectivity index (χ3v) is 16.8. The Bertz CT molecular complexity index is 1180. The van der Waals surface area contributed by atoms with Gasteiger partial charge in [0.2, 0.25) is 0 Å². The van der Waals surface area contributed by atoms with Crippen molar-refractivity contribution in [3.63, 3.8) is 0 Å². The van der Waals surface area contributed by atoms with Gasteiger partial charge in [-0.15, -0.1) is 0 Å². The first-order valence-corrected chi connectivity index (χ1v) is 35.3. The zero-order chi connectivity index (χ0) is 56.0. The molecule has 0 aromatic heterocycles. The van der Waals surface area contributed by atoms with Crippen LogP contribution in [0.5, 0.6) is 0 Å². The number of carbonyl (C=O) groups excluding carboxylic acids is 3. The predicted molar refractivity (Wildman–Crippen MR) is 335 cm³/mol. The summed E-state index contributed by atoms with van der Waals surface area (Å²) in [5.41, 5.74) is 0. The van der Waals surface area contributed by atoms with E-state index in [1.807, 2.05) is 0 Å². The second-order valence-corrected chi connectivity index (χ2v) is 25.2. The van der Waals surface area contributed by atoms with E-state index >= 15 is 0 Å². The van der Waals surface area contributed by atoms with Gasteiger partial charge in [-0.05, 0) is 31.1 Å². The number of carbonyl (C=O) groups is 3. The molecule has 0 aromatic rings. The van der Waals surface area contributed by atoms with E-state index in [9.17, 15) is 14.4 Å². The Morgan fingerprint density at radius 2 is 0.494 bits per heavy atom. The molecule has 0 spiro atoms. The molecule has 0 aromatic carbocycles. The molecule has 0 radical (unpaired) electrons. The SMILES string of the molecule is CCCCCCCCCCCCCCCCCCC(=O)OC[C@@H](COC(=O)CCCCCCCCCCCCCCCCCCCCC(C)C)OC(=O)CCCCCCCCCCCCCCCCCCCCC(C)CC. The number of unbranched alkanes of at least 4 members (excludes halogenated alkanes) is 49. The van der Waals surface area contributed by atoms with Crippen LogP contribution in [0.2, 0.25) is 0 Å². The average Bonchev–Trinajstić information content (AvgIpc) is 3.42. The van der Waals surface area contributed by atoms with Crippen LogP contribution in [-0.4, -0.2) is 37.2 Å². The van der Waals surface area contributed by atoms with Crippen LogP contribution in [0.4, 0.5) is 0 Å². The summed E-state index contributed by atoms with van der Waals surface area (Å²) in [7, 11) is 0. The van der Waals surface area contributed by atoms with Crippen molar-refractivity contribution in [2.24, 2.45) is 11.8 Å². The number of ether oxygens (including phenoxy) is 3. The molecule has 6 nitrogen and oxygen atoms in total. The molecule has 0 aliphatic rings. The maximum absolute atomic E-state index is 13.0. The van der Waals surface area contributed by atoms with Gasteiger partial charge in [0.1, 0.15) is 13.2 Å². The lowest BCUT2D eigenvalue weighted by Crippen LogP contribution is -2.30. The summed E-state index contributed by atoms with van der Waals surface area (Å²) in [5, 5.41) is 0. The molecule has 0 N–H and O–H groups in total. The molecule has 0 saturated heterocycles. The highest BCUT2D eigenvalue weighted by Crippen LogP contribution is 2.20. The van der Waals surface area contributed by atoms with Gasteiger partial charge in [0.05, 0.1) is 0 Å². The van der Waals surface area contributed by atoms with Crippen LogP contribution in [0.25, 0.3) is 0 Å². The van der Waals surface area contributed by atoms with Crippen LogP contribution in [0, 0.1) is 11.8 Å². The van der Waals surface area contributed by atoms with Crippen molar-refractivity contribution in [2.75, 3.05) is 13.2 Å². The molecule has 0 bridgehead atoms. The average molecular weight is 1090 g/mol. The number of rotatable bonds is 65. The maximum Gasteiger partial charge on any atom is 0.306 e. The molecule has 0 aliphatic carbocycles. The molecule has 2 atom stereocenters. The van der Waals surface area contributed by atoms with Crippen LogP contribution in [0.1, 0.15) is 407 Å². The molecule has 458 valence electrons. The number of hydrogen-bond acceptors (Lipinski definition) is 6. The fraction of sp³-hybridized carbons (Fsp3) is 0.958. The summed E-state index contributed by atoms with van der Waals surface area (Å²) in [6.45, 7) is 11.5. The van der Waals surface area contributed by atoms with E-state index in [2.05, 4.69) is 34.6 Å². The lowest BCUT2D eigenvalue weighted by Gasteiger charge is -2.18. The third kappa shape index (κ3) is 63.5. The lowest BCUT2D eigenvalue weighted by molar-refractivity contribution is -0.167. The van der Waals surface area contributed by atoms with Crippen LogP contribution >= 0.6 is 0 Å². The highest BCUT2D eigenvalue weighted by molar-refractivity contribution is 5.71. The van der Waals surface area contributed by atoms with Gasteiger partial charge in [-0.25, -0.2) is 0 Å². The first-order chi connectivity index (χ1) is 37.8. The van der Waals surface area contributed by atoms with Crippen molar-refractivity contribution in [1.82, 2.24) is 0 Å². The molecular formula is C71H138O6. The third-order valence-electron chi connectivity index (χ3n) is 16.8. The fourth-order valence-electron chi connectivity index (χ4n) is 11.1. The van der Waals surface area contributed by atoms with Crippen molar-refractivity contribution >= 4 is 17.9 Å². The van der Waals surface area contributed by atoms with Gasteiger partial charge in [-0.3, -0.25) is 14.4 Å². The second-order valence-electron chi connectivity index (χ2n) is 25.2. The van der Waals surface area contributed by atoms with Gasteiger partial charge in [0.15, 0.2) is 6.10 Å². The lowest BCUT2D eigenvalue weighted by atomic mass is 9.99. The molecule has 6 heteroatoms. The van der Waals surface area contributed by atoms with Crippen LogP contribution in [0.3, 0.4) is 0 Å². The molecule has 0 heterocycles. The Labute approximate surface area is 482 Å². The highest BCUT2D eigenvalue weighted by Gasteiger charge is 2.20. The van der Waals surface area contributed by atoms with Gasteiger partial charge in [0, 0.05) is 19.3 Å². The molecule has 0 saturated carbocycles. The minimum Gasteiger partial charge on any atom is -0.462 e. The molecular weight excluding hydrogens is 949 g/mol. The Kier molecular flexibility index (Phi) is 62.3. The molecule has 0 fully saturated rings. The van der Waals surface area contributed by atoms with E-state index in [-0.39, 0.29) is 31.1 Å². The van der Waals surface area contributed by atoms with Crippen LogP contribution in [-0.2, 0) is 28.6 Å². The Morgan fingerprint density at radius 3 is 0.740 bits per heavy atom. The maximum atomic E-state index is 13.0. The van der Waals surface area contributed by atoms with Crippen molar-refractivity contribution in [1.29, 1.82) is 0 Å². The zero-order valence-electron chi connectivity index (χ0n) is 53.1. The van der Waals surface area contributed by atoms with Crippen molar-refractivity contribution in [3.05, 3.63) is 0 Å². The summed E-state index contributed by atoms with van der Waals surface area (Å²) in [5.74, 6) is 0.945. The minimum atomic E-state index is -0.764.